The molecule has 2 unspecified atom stereocenters. The Morgan fingerprint density at radius 3 is 2.64 bits per heavy atom. The Morgan fingerprint density at radius 2 is 1.91 bits per heavy atom. The van der Waals surface area contributed by atoms with Crippen LogP contribution >= 0.6 is 0 Å². The zero-order chi connectivity index (χ0) is 15.5. The predicted molar refractivity (Wildman–Crippen MR) is 84.2 cm³/mol. The van der Waals surface area contributed by atoms with Crippen molar-refractivity contribution in [1.29, 1.82) is 0 Å². The normalized spacial score (nSPS) is 24.5. The highest BCUT2D eigenvalue weighted by atomic mass is 16.6. The van der Waals surface area contributed by atoms with Gasteiger partial charge in [-0.3, -0.25) is 14.9 Å². The highest BCUT2D eigenvalue weighted by Crippen LogP contribution is 2.36. The molecule has 1 aliphatic carbocycles. The molecule has 1 aromatic carbocycles. The first-order valence-electron chi connectivity index (χ1n) is 7.88. The molecule has 2 aliphatic rings. The lowest BCUT2D eigenvalue weighted by atomic mass is 9.85. The fraction of sp³-hybridized carbons (Fsp3) is 0.471. The molecule has 2 atom stereocenters. The Bertz CT molecular complexity index is 594. The summed E-state index contributed by atoms with van der Waals surface area (Å²) in [4.78, 5) is 24.6. The summed E-state index contributed by atoms with van der Waals surface area (Å²) in [5.74, 6) is 0.748. The van der Waals surface area contributed by atoms with Gasteiger partial charge in [-0.2, -0.15) is 0 Å². The molecular formula is C17H20N2O3. The number of likely N-dealkylation sites (tertiary alicyclic amines) is 1. The summed E-state index contributed by atoms with van der Waals surface area (Å²) in [5.41, 5.74) is 0.867. The van der Waals surface area contributed by atoms with Gasteiger partial charge in [-0.25, -0.2) is 0 Å². The quantitative estimate of drug-likeness (QED) is 0.488. The van der Waals surface area contributed by atoms with E-state index in [-0.39, 0.29) is 11.6 Å². The van der Waals surface area contributed by atoms with Gasteiger partial charge in [-0.15, -0.1) is 0 Å². The second-order valence-electron chi connectivity index (χ2n) is 6.11. The first kappa shape index (κ1) is 14.8. The van der Waals surface area contributed by atoms with Crippen LogP contribution in [0, 0.1) is 16.0 Å². The maximum Gasteiger partial charge on any atom is 0.269 e. The predicted octanol–water partition coefficient (Wildman–Crippen LogP) is 3.40. The molecule has 116 valence electrons. The third-order valence-corrected chi connectivity index (χ3v) is 4.82. The van der Waals surface area contributed by atoms with Crippen LogP contribution in [0.1, 0.15) is 37.7 Å². The molecule has 1 aliphatic heterocycles. The average Bonchev–Trinajstić information content (AvgIpc) is 2.97. The highest BCUT2D eigenvalue weighted by molar-refractivity contribution is 5.92. The second-order valence-corrected chi connectivity index (χ2v) is 6.11. The van der Waals surface area contributed by atoms with Crippen molar-refractivity contribution in [2.24, 2.45) is 5.92 Å². The van der Waals surface area contributed by atoms with Gasteiger partial charge in [0.05, 0.1) is 4.92 Å². The Hall–Kier alpha value is -2.17. The van der Waals surface area contributed by atoms with Crippen LogP contribution in [0.5, 0.6) is 0 Å². The monoisotopic (exact) mass is 300 g/mol. The number of fused-ring (bicyclic) bond motifs is 1. The van der Waals surface area contributed by atoms with Crippen molar-refractivity contribution in [2.75, 3.05) is 6.54 Å². The molecule has 0 bridgehead atoms. The number of benzene rings is 1. The molecule has 5 nitrogen and oxygen atoms in total. The van der Waals surface area contributed by atoms with Crippen molar-refractivity contribution in [3.8, 4) is 0 Å². The van der Waals surface area contributed by atoms with Crippen molar-refractivity contribution < 1.29 is 9.72 Å². The molecule has 0 aromatic heterocycles. The van der Waals surface area contributed by atoms with E-state index in [4.69, 9.17) is 0 Å². The molecule has 0 radical (unpaired) electrons. The standard InChI is InChI=1S/C17H20N2O3/c20-17(18-12-11-14-3-1-2-4-16(14)18)10-7-13-5-8-15(9-6-13)19(21)22/h5-10,14,16H,1-4,11-12H2. The summed E-state index contributed by atoms with van der Waals surface area (Å²) in [6.45, 7) is 0.860. The summed E-state index contributed by atoms with van der Waals surface area (Å²) in [6, 6.07) is 6.65. The van der Waals surface area contributed by atoms with E-state index < -0.39 is 4.92 Å². The Morgan fingerprint density at radius 1 is 1.18 bits per heavy atom. The first-order valence-corrected chi connectivity index (χ1v) is 7.88. The number of carbonyl (C=O) groups is 1. The Kier molecular flexibility index (Phi) is 4.22. The van der Waals surface area contributed by atoms with Crippen LogP contribution in [0.15, 0.2) is 30.3 Å². The van der Waals surface area contributed by atoms with Crippen molar-refractivity contribution in [3.63, 3.8) is 0 Å². The van der Waals surface area contributed by atoms with Crippen LogP contribution in [-0.2, 0) is 4.79 Å². The summed E-state index contributed by atoms with van der Waals surface area (Å²) in [5, 5.41) is 10.6. The largest absolute Gasteiger partial charge is 0.336 e. The van der Waals surface area contributed by atoms with Crippen molar-refractivity contribution >= 4 is 17.7 Å². The Labute approximate surface area is 129 Å². The van der Waals surface area contributed by atoms with E-state index in [0.717, 1.165) is 24.9 Å². The van der Waals surface area contributed by atoms with Gasteiger partial charge in [0, 0.05) is 30.8 Å². The van der Waals surface area contributed by atoms with E-state index >= 15 is 0 Å². The van der Waals surface area contributed by atoms with Gasteiger partial charge in [-0.05, 0) is 49.0 Å². The topological polar surface area (TPSA) is 63.4 Å². The minimum atomic E-state index is -0.425. The molecule has 1 amide bonds. The lowest BCUT2D eigenvalue weighted by Gasteiger charge is -2.31. The third-order valence-electron chi connectivity index (χ3n) is 4.82. The van der Waals surface area contributed by atoms with Crippen LogP contribution in [-0.4, -0.2) is 28.3 Å². The average molecular weight is 300 g/mol. The van der Waals surface area contributed by atoms with Gasteiger partial charge in [0.15, 0.2) is 0 Å². The number of rotatable bonds is 3. The molecule has 5 heteroatoms. The molecular weight excluding hydrogens is 280 g/mol. The number of hydrogen-bond donors (Lipinski definition) is 0. The van der Waals surface area contributed by atoms with Crippen LogP contribution < -0.4 is 0 Å². The van der Waals surface area contributed by atoms with Crippen LogP contribution in [0.3, 0.4) is 0 Å². The van der Waals surface area contributed by atoms with Crippen LogP contribution in [0.2, 0.25) is 0 Å². The molecule has 1 saturated carbocycles. The van der Waals surface area contributed by atoms with E-state index in [0.29, 0.717) is 12.0 Å². The lowest BCUT2D eigenvalue weighted by Crippen LogP contribution is -2.38. The summed E-state index contributed by atoms with van der Waals surface area (Å²) in [7, 11) is 0. The van der Waals surface area contributed by atoms with E-state index in [2.05, 4.69) is 0 Å². The number of amides is 1. The maximum atomic E-state index is 12.4. The van der Waals surface area contributed by atoms with E-state index in [9.17, 15) is 14.9 Å². The van der Waals surface area contributed by atoms with Gasteiger partial charge >= 0.3 is 0 Å². The number of carbonyl (C=O) groups excluding carboxylic acids is 1. The highest BCUT2D eigenvalue weighted by Gasteiger charge is 2.37. The summed E-state index contributed by atoms with van der Waals surface area (Å²) >= 11 is 0. The minimum absolute atomic E-state index is 0.0627. The SMILES string of the molecule is O=C(C=Cc1ccc([N+](=O)[O-])cc1)N1CCC2CCCCC21. The number of non-ortho nitro benzene ring substituents is 1. The fourth-order valence-corrected chi connectivity index (χ4v) is 3.65. The minimum Gasteiger partial charge on any atom is -0.336 e. The third kappa shape index (κ3) is 3.03. The number of nitrogens with zero attached hydrogens (tertiary/aromatic N) is 2. The molecule has 1 heterocycles. The molecule has 0 spiro atoms. The molecule has 0 N–H and O–H groups in total. The smallest absolute Gasteiger partial charge is 0.269 e. The lowest BCUT2D eigenvalue weighted by molar-refractivity contribution is -0.384. The van der Waals surface area contributed by atoms with Crippen LogP contribution in [0.25, 0.3) is 6.08 Å². The van der Waals surface area contributed by atoms with Gasteiger partial charge in [-0.1, -0.05) is 12.8 Å². The molecule has 2 fully saturated rings. The zero-order valence-electron chi connectivity index (χ0n) is 12.5. The molecule has 1 aromatic rings. The number of hydrogen-bond acceptors (Lipinski definition) is 3. The summed E-state index contributed by atoms with van der Waals surface area (Å²) < 4.78 is 0. The second kappa shape index (κ2) is 6.30. The van der Waals surface area contributed by atoms with E-state index in [1.54, 1.807) is 24.3 Å². The first-order chi connectivity index (χ1) is 10.6. The van der Waals surface area contributed by atoms with E-state index in [1.807, 2.05) is 4.90 Å². The maximum absolute atomic E-state index is 12.4. The molecule has 22 heavy (non-hydrogen) atoms. The van der Waals surface area contributed by atoms with Crippen molar-refractivity contribution in [3.05, 3.63) is 46.0 Å². The summed E-state index contributed by atoms with van der Waals surface area (Å²) in [6.07, 6.45) is 9.35. The zero-order valence-corrected chi connectivity index (χ0v) is 12.5. The fourth-order valence-electron chi connectivity index (χ4n) is 3.65. The van der Waals surface area contributed by atoms with Gasteiger partial charge < -0.3 is 4.90 Å². The Balaban J connectivity index is 1.64. The molecule has 3 rings (SSSR count). The van der Waals surface area contributed by atoms with Crippen molar-refractivity contribution in [2.45, 2.75) is 38.1 Å². The van der Waals surface area contributed by atoms with Gasteiger partial charge in [0.25, 0.3) is 5.69 Å². The number of nitro groups is 1. The number of nitro benzene ring substituents is 1. The van der Waals surface area contributed by atoms with Crippen molar-refractivity contribution in [1.82, 2.24) is 4.90 Å². The molecule has 1 saturated heterocycles. The van der Waals surface area contributed by atoms with Gasteiger partial charge in [0.1, 0.15) is 0 Å². The van der Waals surface area contributed by atoms with Gasteiger partial charge in [0.2, 0.25) is 5.91 Å². The van der Waals surface area contributed by atoms with Crippen LogP contribution in [0.4, 0.5) is 5.69 Å². The van der Waals surface area contributed by atoms with E-state index in [1.165, 1.54) is 31.4 Å².